The van der Waals surface area contributed by atoms with Gasteiger partial charge in [-0.3, -0.25) is 4.90 Å². The van der Waals surface area contributed by atoms with Crippen molar-refractivity contribution in [1.82, 2.24) is 10.2 Å². The van der Waals surface area contributed by atoms with Crippen LogP contribution >= 0.6 is 0 Å². The van der Waals surface area contributed by atoms with E-state index in [0.29, 0.717) is 18.0 Å². The molecule has 0 amide bonds. The Morgan fingerprint density at radius 1 is 1.40 bits per heavy atom. The van der Waals surface area contributed by atoms with E-state index in [2.05, 4.69) is 36.2 Å². The van der Waals surface area contributed by atoms with E-state index < -0.39 is 0 Å². The van der Waals surface area contributed by atoms with Crippen LogP contribution in [0.1, 0.15) is 52.4 Å². The number of nitrogens with one attached hydrogen (secondary N) is 1. The minimum Gasteiger partial charge on any atom is -0.387 e. The van der Waals surface area contributed by atoms with Crippen LogP contribution in [0, 0.1) is 5.92 Å². The predicted molar refractivity (Wildman–Crippen MR) is 82.1 cm³/mol. The fourth-order valence-corrected chi connectivity index (χ4v) is 4.35. The molecule has 3 rings (SSSR count). The highest BCUT2D eigenvalue weighted by Crippen LogP contribution is 2.40. The topological polar surface area (TPSA) is 35.5 Å². The molecule has 1 saturated heterocycles. The molecule has 3 nitrogen and oxygen atoms in total. The highest BCUT2D eigenvalue weighted by atomic mass is 16.3. The number of rotatable bonds is 3. The molecule has 0 radical (unpaired) electrons. The lowest BCUT2D eigenvalue weighted by Crippen LogP contribution is -2.47. The molecule has 0 aromatic heterocycles. The second-order valence-corrected chi connectivity index (χ2v) is 6.44. The summed E-state index contributed by atoms with van der Waals surface area (Å²) < 4.78 is 0. The smallest absolute Gasteiger partial charge is 0.132 e. The maximum Gasteiger partial charge on any atom is 0.132 e. The summed E-state index contributed by atoms with van der Waals surface area (Å²) >= 11 is 0. The van der Waals surface area contributed by atoms with Crippen molar-refractivity contribution >= 4 is 0 Å². The maximum atomic E-state index is 11.0. The molecule has 1 fully saturated rings. The van der Waals surface area contributed by atoms with Gasteiger partial charge in [0.25, 0.3) is 0 Å². The van der Waals surface area contributed by atoms with Crippen molar-refractivity contribution in [2.24, 2.45) is 5.92 Å². The Labute approximate surface area is 122 Å². The van der Waals surface area contributed by atoms with Gasteiger partial charge in [-0.25, -0.2) is 0 Å². The van der Waals surface area contributed by atoms with Gasteiger partial charge < -0.3 is 10.4 Å². The van der Waals surface area contributed by atoms with Crippen LogP contribution in [0.15, 0.2) is 23.4 Å². The standard InChI is InChI=1S/C17H28N2O/c1-3-7-14-15(4-2)18-11-13-10-12-8-5-6-9-16(12)19(13)17(14)20/h5,8,12-13,16-18,20H,3-4,6-7,9-11H2,1-2H3/t12?,13-,16?,17?/m0/s1. The van der Waals surface area contributed by atoms with Crippen LogP contribution in [0.3, 0.4) is 0 Å². The van der Waals surface area contributed by atoms with Crippen LogP contribution < -0.4 is 5.32 Å². The van der Waals surface area contributed by atoms with Crippen LogP contribution in [-0.2, 0) is 0 Å². The summed E-state index contributed by atoms with van der Waals surface area (Å²) in [6, 6.07) is 1.03. The first-order valence-electron chi connectivity index (χ1n) is 8.34. The van der Waals surface area contributed by atoms with Gasteiger partial charge in [0.15, 0.2) is 0 Å². The van der Waals surface area contributed by atoms with Crippen molar-refractivity contribution < 1.29 is 5.11 Å². The van der Waals surface area contributed by atoms with E-state index in [1.54, 1.807) is 0 Å². The number of nitrogens with zero attached hydrogens (tertiary/aromatic N) is 1. The lowest BCUT2D eigenvalue weighted by molar-refractivity contribution is -0.00744. The van der Waals surface area contributed by atoms with Gasteiger partial charge in [-0.05, 0) is 43.6 Å². The van der Waals surface area contributed by atoms with Gasteiger partial charge in [0, 0.05) is 24.3 Å². The van der Waals surface area contributed by atoms with E-state index >= 15 is 0 Å². The van der Waals surface area contributed by atoms with E-state index in [-0.39, 0.29) is 6.23 Å². The molecular weight excluding hydrogens is 248 g/mol. The van der Waals surface area contributed by atoms with E-state index in [4.69, 9.17) is 0 Å². The summed E-state index contributed by atoms with van der Waals surface area (Å²) in [4.78, 5) is 2.43. The fraction of sp³-hybridized carbons (Fsp3) is 0.765. The number of fused-ring (bicyclic) bond motifs is 3. The minimum atomic E-state index is -0.369. The molecule has 2 N–H and O–H groups in total. The Hall–Kier alpha value is -0.800. The summed E-state index contributed by atoms with van der Waals surface area (Å²) in [5, 5.41) is 14.6. The average Bonchev–Trinajstić information content (AvgIpc) is 2.78. The Morgan fingerprint density at radius 3 is 3.00 bits per heavy atom. The first-order valence-corrected chi connectivity index (χ1v) is 8.34. The predicted octanol–water partition coefficient (Wildman–Crippen LogP) is 2.78. The van der Waals surface area contributed by atoms with E-state index in [0.717, 1.165) is 32.2 Å². The first kappa shape index (κ1) is 14.2. The third-order valence-electron chi connectivity index (χ3n) is 5.26. The zero-order chi connectivity index (χ0) is 14.1. The second-order valence-electron chi connectivity index (χ2n) is 6.44. The molecule has 1 aliphatic carbocycles. The quantitative estimate of drug-likeness (QED) is 0.778. The summed E-state index contributed by atoms with van der Waals surface area (Å²) in [7, 11) is 0. The molecule has 0 spiro atoms. The van der Waals surface area contributed by atoms with Crippen LogP contribution in [0.4, 0.5) is 0 Å². The molecule has 4 atom stereocenters. The lowest BCUT2D eigenvalue weighted by atomic mass is 9.90. The van der Waals surface area contributed by atoms with Gasteiger partial charge in [-0.15, -0.1) is 0 Å². The molecule has 0 saturated carbocycles. The van der Waals surface area contributed by atoms with Crippen LogP contribution in [0.5, 0.6) is 0 Å². The molecule has 2 heterocycles. The fourth-order valence-electron chi connectivity index (χ4n) is 4.35. The van der Waals surface area contributed by atoms with Crippen LogP contribution in [-0.4, -0.2) is 34.9 Å². The van der Waals surface area contributed by atoms with Crippen LogP contribution in [0.25, 0.3) is 0 Å². The Balaban J connectivity index is 1.90. The molecule has 2 aliphatic heterocycles. The van der Waals surface area contributed by atoms with E-state index in [9.17, 15) is 5.11 Å². The molecule has 20 heavy (non-hydrogen) atoms. The third-order valence-corrected chi connectivity index (χ3v) is 5.26. The SMILES string of the molecule is CCCC1=C(CC)NC[C@@H]2CC3C=CCCC3N2C1O. The van der Waals surface area contributed by atoms with Crippen molar-refractivity contribution in [2.75, 3.05) is 6.54 Å². The minimum absolute atomic E-state index is 0.369. The van der Waals surface area contributed by atoms with Gasteiger partial charge in [0.1, 0.15) is 6.23 Å². The number of aliphatic hydroxyl groups excluding tert-OH is 1. The van der Waals surface area contributed by atoms with Gasteiger partial charge in [0.2, 0.25) is 0 Å². The molecular formula is C17H28N2O. The van der Waals surface area contributed by atoms with Crippen molar-refractivity contribution in [3.8, 4) is 0 Å². The maximum absolute atomic E-state index is 11.0. The summed E-state index contributed by atoms with van der Waals surface area (Å²) in [5.41, 5.74) is 2.53. The number of allylic oxidation sites excluding steroid dienone is 2. The lowest BCUT2D eigenvalue weighted by Gasteiger charge is -2.35. The van der Waals surface area contributed by atoms with Crippen molar-refractivity contribution in [1.29, 1.82) is 0 Å². The average molecular weight is 276 g/mol. The number of hydrogen-bond acceptors (Lipinski definition) is 3. The monoisotopic (exact) mass is 276 g/mol. The van der Waals surface area contributed by atoms with Gasteiger partial charge in [-0.1, -0.05) is 32.4 Å². The molecule has 3 heteroatoms. The highest BCUT2D eigenvalue weighted by molar-refractivity contribution is 5.22. The molecule has 0 aromatic carbocycles. The zero-order valence-corrected chi connectivity index (χ0v) is 12.8. The van der Waals surface area contributed by atoms with Crippen LogP contribution in [0.2, 0.25) is 0 Å². The second kappa shape index (κ2) is 5.90. The largest absolute Gasteiger partial charge is 0.387 e. The molecule has 0 bridgehead atoms. The number of aliphatic hydroxyl groups is 1. The molecule has 3 unspecified atom stereocenters. The molecule has 3 aliphatic rings. The van der Waals surface area contributed by atoms with E-state index in [1.165, 1.54) is 24.1 Å². The van der Waals surface area contributed by atoms with Crippen molar-refractivity contribution in [3.63, 3.8) is 0 Å². The van der Waals surface area contributed by atoms with Gasteiger partial charge in [-0.2, -0.15) is 0 Å². The highest BCUT2D eigenvalue weighted by Gasteiger charge is 2.45. The molecule has 112 valence electrons. The summed E-state index contributed by atoms with van der Waals surface area (Å²) in [6.07, 6.45) is 11.0. The first-order chi connectivity index (χ1) is 9.76. The number of hydrogen-bond donors (Lipinski definition) is 2. The van der Waals surface area contributed by atoms with E-state index in [1.807, 2.05) is 0 Å². The Bertz CT molecular complexity index is 415. The summed E-state index contributed by atoms with van der Waals surface area (Å²) in [6.45, 7) is 5.38. The Kier molecular flexibility index (Phi) is 4.18. The third kappa shape index (κ3) is 2.31. The van der Waals surface area contributed by atoms with Gasteiger partial charge in [0.05, 0.1) is 0 Å². The van der Waals surface area contributed by atoms with Gasteiger partial charge >= 0.3 is 0 Å². The molecule has 0 aromatic rings. The summed E-state index contributed by atoms with van der Waals surface area (Å²) in [5.74, 6) is 0.649. The Morgan fingerprint density at radius 2 is 2.25 bits per heavy atom. The normalized spacial score (nSPS) is 37.4. The van der Waals surface area contributed by atoms with Crippen molar-refractivity contribution in [3.05, 3.63) is 23.4 Å². The van der Waals surface area contributed by atoms with Crippen molar-refractivity contribution in [2.45, 2.75) is 70.7 Å². The zero-order valence-electron chi connectivity index (χ0n) is 12.8.